The van der Waals surface area contributed by atoms with Crippen molar-refractivity contribution in [1.29, 1.82) is 0 Å². The number of nitrogens with one attached hydrogen (secondary N) is 1. The van der Waals surface area contributed by atoms with Crippen molar-refractivity contribution in [3.63, 3.8) is 0 Å². The topological polar surface area (TPSA) is 42.0 Å². The first-order chi connectivity index (χ1) is 9.01. The standard InChI is InChI=1S/C13H15BrN2OS2/c1-7(2)11(14)12(17)15-8-4-5-9-10(6-8)19-13(16-9)18-3/h4-7,11H,1-3H3,(H,15,17). The number of alkyl halides is 1. The molecule has 2 rings (SSSR count). The van der Waals surface area contributed by atoms with Crippen LogP contribution in [-0.4, -0.2) is 22.0 Å². The van der Waals surface area contributed by atoms with E-state index in [-0.39, 0.29) is 16.7 Å². The summed E-state index contributed by atoms with van der Waals surface area (Å²) in [6.07, 6.45) is 2.01. The van der Waals surface area contributed by atoms with Gasteiger partial charge in [0.2, 0.25) is 5.91 Å². The van der Waals surface area contributed by atoms with E-state index in [1.54, 1.807) is 23.1 Å². The molecule has 19 heavy (non-hydrogen) atoms. The summed E-state index contributed by atoms with van der Waals surface area (Å²) < 4.78 is 2.14. The van der Waals surface area contributed by atoms with E-state index >= 15 is 0 Å². The number of nitrogens with zero attached hydrogens (tertiary/aromatic N) is 1. The fourth-order valence-electron chi connectivity index (χ4n) is 1.58. The van der Waals surface area contributed by atoms with Crippen LogP contribution in [-0.2, 0) is 4.79 Å². The third kappa shape index (κ3) is 3.49. The Bertz CT molecular complexity index is 597. The summed E-state index contributed by atoms with van der Waals surface area (Å²) in [6, 6.07) is 5.81. The number of benzene rings is 1. The van der Waals surface area contributed by atoms with Crippen LogP contribution in [0.1, 0.15) is 13.8 Å². The minimum Gasteiger partial charge on any atom is -0.325 e. The largest absolute Gasteiger partial charge is 0.325 e. The predicted octanol–water partition coefficient (Wildman–Crippen LogP) is 4.38. The molecule has 3 nitrogen and oxygen atoms in total. The van der Waals surface area contributed by atoms with Crippen LogP contribution in [0.25, 0.3) is 10.2 Å². The molecule has 1 N–H and O–H groups in total. The number of halogens is 1. The van der Waals surface area contributed by atoms with E-state index in [1.165, 1.54) is 0 Å². The third-order valence-electron chi connectivity index (χ3n) is 2.65. The number of aromatic nitrogens is 1. The van der Waals surface area contributed by atoms with Crippen LogP contribution in [0, 0.1) is 5.92 Å². The molecule has 1 aromatic carbocycles. The monoisotopic (exact) mass is 358 g/mol. The van der Waals surface area contributed by atoms with Gasteiger partial charge < -0.3 is 5.32 Å². The molecule has 1 amide bonds. The van der Waals surface area contributed by atoms with Crippen LogP contribution >= 0.6 is 39.0 Å². The van der Waals surface area contributed by atoms with Crippen molar-refractivity contribution in [1.82, 2.24) is 4.98 Å². The molecule has 1 unspecified atom stereocenters. The van der Waals surface area contributed by atoms with Crippen LogP contribution in [0.15, 0.2) is 22.5 Å². The Labute approximate surface area is 129 Å². The van der Waals surface area contributed by atoms with Crippen molar-refractivity contribution in [2.75, 3.05) is 11.6 Å². The van der Waals surface area contributed by atoms with Gasteiger partial charge in [0.25, 0.3) is 0 Å². The lowest BCUT2D eigenvalue weighted by Gasteiger charge is -2.13. The maximum absolute atomic E-state index is 12.0. The Kier molecular flexibility index (Phi) is 4.86. The summed E-state index contributed by atoms with van der Waals surface area (Å²) in [6.45, 7) is 4.02. The maximum Gasteiger partial charge on any atom is 0.238 e. The van der Waals surface area contributed by atoms with E-state index in [0.29, 0.717) is 0 Å². The average Bonchev–Trinajstić information content (AvgIpc) is 2.79. The van der Waals surface area contributed by atoms with E-state index < -0.39 is 0 Å². The highest BCUT2D eigenvalue weighted by Gasteiger charge is 2.18. The number of hydrogen-bond acceptors (Lipinski definition) is 4. The molecule has 1 atom stereocenters. The molecule has 102 valence electrons. The van der Waals surface area contributed by atoms with E-state index in [9.17, 15) is 4.79 Å². The molecule has 0 saturated heterocycles. The SMILES string of the molecule is CSc1nc2ccc(NC(=O)C(Br)C(C)C)cc2s1. The number of thioether (sulfide) groups is 1. The first kappa shape index (κ1) is 14.8. The zero-order valence-corrected chi connectivity index (χ0v) is 14.2. The van der Waals surface area contributed by atoms with Crippen LogP contribution < -0.4 is 5.32 Å². The molecule has 1 heterocycles. The van der Waals surface area contributed by atoms with E-state index in [2.05, 4.69) is 26.2 Å². The molecule has 2 aromatic rings. The number of carbonyl (C=O) groups excluding carboxylic acids is 1. The highest BCUT2D eigenvalue weighted by molar-refractivity contribution is 9.10. The van der Waals surface area contributed by atoms with Gasteiger partial charge in [-0.3, -0.25) is 4.79 Å². The summed E-state index contributed by atoms with van der Waals surface area (Å²) in [4.78, 5) is 16.3. The second-order valence-corrected chi connectivity index (χ2v) is 7.57. The van der Waals surface area contributed by atoms with Gasteiger partial charge in [-0.25, -0.2) is 4.98 Å². The van der Waals surface area contributed by atoms with E-state index in [0.717, 1.165) is 20.2 Å². The van der Waals surface area contributed by atoms with Gasteiger partial charge in [-0.2, -0.15) is 0 Å². The summed E-state index contributed by atoms with van der Waals surface area (Å²) >= 11 is 6.68. The molecule has 0 bridgehead atoms. The average molecular weight is 359 g/mol. The highest BCUT2D eigenvalue weighted by Crippen LogP contribution is 2.30. The normalized spacial score (nSPS) is 12.9. The lowest BCUT2D eigenvalue weighted by atomic mass is 10.1. The van der Waals surface area contributed by atoms with Crippen molar-refractivity contribution in [3.8, 4) is 0 Å². The minimum absolute atomic E-state index is 0.0102. The van der Waals surface area contributed by atoms with Crippen molar-refractivity contribution in [2.24, 2.45) is 5.92 Å². The number of hydrogen-bond donors (Lipinski definition) is 1. The smallest absolute Gasteiger partial charge is 0.238 e. The molecule has 0 saturated carbocycles. The van der Waals surface area contributed by atoms with Crippen molar-refractivity contribution >= 4 is 60.8 Å². The molecule has 0 radical (unpaired) electrons. The van der Waals surface area contributed by atoms with Gasteiger partial charge in [0.15, 0.2) is 4.34 Å². The number of anilines is 1. The van der Waals surface area contributed by atoms with Gasteiger partial charge in [-0.15, -0.1) is 11.3 Å². The fourth-order valence-corrected chi connectivity index (χ4v) is 3.23. The minimum atomic E-state index is -0.175. The molecule has 0 fully saturated rings. The fraction of sp³-hybridized carbons (Fsp3) is 0.385. The first-order valence-electron chi connectivity index (χ1n) is 5.90. The Morgan fingerprint density at radius 3 is 2.84 bits per heavy atom. The Morgan fingerprint density at radius 2 is 2.21 bits per heavy atom. The van der Waals surface area contributed by atoms with Crippen LogP contribution in [0.5, 0.6) is 0 Å². The molecule has 0 aliphatic heterocycles. The van der Waals surface area contributed by atoms with Crippen LogP contribution in [0.3, 0.4) is 0 Å². The molecule has 0 spiro atoms. The number of fused-ring (bicyclic) bond motifs is 1. The first-order valence-corrected chi connectivity index (χ1v) is 8.86. The molecular weight excluding hydrogens is 344 g/mol. The maximum atomic E-state index is 12.0. The number of carbonyl (C=O) groups is 1. The second kappa shape index (κ2) is 6.24. The zero-order chi connectivity index (χ0) is 14.0. The molecule has 1 aromatic heterocycles. The predicted molar refractivity (Wildman–Crippen MR) is 87.6 cm³/mol. The molecule has 0 aliphatic carbocycles. The van der Waals surface area contributed by atoms with Gasteiger partial charge in [-0.05, 0) is 30.4 Å². The van der Waals surface area contributed by atoms with Crippen molar-refractivity contribution < 1.29 is 4.79 Å². The number of rotatable bonds is 4. The summed E-state index contributed by atoms with van der Waals surface area (Å²) in [5.41, 5.74) is 1.80. The molecule has 0 aliphatic rings. The van der Waals surface area contributed by atoms with Gasteiger partial charge in [0.1, 0.15) is 0 Å². The van der Waals surface area contributed by atoms with Gasteiger partial charge >= 0.3 is 0 Å². The van der Waals surface area contributed by atoms with Crippen molar-refractivity contribution in [3.05, 3.63) is 18.2 Å². The third-order valence-corrected chi connectivity index (χ3v) is 6.12. The molecular formula is C13H15BrN2OS2. The van der Waals surface area contributed by atoms with Gasteiger partial charge in [-0.1, -0.05) is 41.5 Å². The Morgan fingerprint density at radius 1 is 1.47 bits per heavy atom. The number of amides is 1. The Hall–Kier alpha value is -0.590. The van der Waals surface area contributed by atoms with E-state index in [4.69, 9.17) is 0 Å². The molecule has 6 heteroatoms. The zero-order valence-electron chi connectivity index (χ0n) is 10.9. The lowest BCUT2D eigenvalue weighted by molar-refractivity contribution is -0.116. The quantitative estimate of drug-likeness (QED) is 0.651. The second-order valence-electron chi connectivity index (χ2n) is 4.50. The summed E-state index contributed by atoms with van der Waals surface area (Å²) in [5.74, 6) is 0.249. The van der Waals surface area contributed by atoms with Crippen molar-refractivity contribution in [2.45, 2.75) is 23.0 Å². The lowest BCUT2D eigenvalue weighted by Crippen LogP contribution is -2.26. The van der Waals surface area contributed by atoms with Gasteiger partial charge in [0, 0.05) is 5.69 Å². The van der Waals surface area contributed by atoms with Crippen LogP contribution in [0.2, 0.25) is 0 Å². The highest BCUT2D eigenvalue weighted by atomic mass is 79.9. The van der Waals surface area contributed by atoms with E-state index in [1.807, 2.05) is 38.3 Å². The van der Waals surface area contributed by atoms with Crippen LogP contribution in [0.4, 0.5) is 5.69 Å². The summed E-state index contributed by atoms with van der Waals surface area (Å²) in [7, 11) is 0. The Balaban J connectivity index is 2.19. The summed E-state index contributed by atoms with van der Waals surface area (Å²) in [5, 5.41) is 2.93. The van der Waals surface area contributed by atoms with Gasteiger partial charge in [0.05, 0.1) is 15.0 Å². The number of thiazole rings is 1.